The summed E-state index contributed by atoms with van der Waals surface area (Å²) in [4.78, 5) is 2.78. The second-order valence-electron chi connectivity index (χ2n) is 6.13. The van der Waals surface area contributed by atoms with Crippen LogP contribution < -0.4 is 5.32 Å². The summed E-state index contributed by atoms with van der Waals surface area (Å²) in [5.41, 5.74) is 0.474. The normalized spacial score (nSPS) is 29.1. The minimum Gasteiger partial charge on any atom is -0.311 e. The van der Waals surface area contributed by atoms with Crippen molar-refractivity contribution in [3.63, 3.8) is 0 Å². The Morgan fingerprint density at radius 3 is 2.72 bits per heavy atom. The van der Waals surface area contributed by atoms with Gasteiger partial charge in [0.1, 0.15) is 0 Å². The van der Waals surface area contributed by atoms with Gasteiger partial charge in [0.15, 0.2) is 0 Å². The zero-order valence-corrected chi connectivity index (χ0v) is 12.3. The molecular formula is C16H30N2. The number of hydrogen-bond donors (Lipinski definition) is 1. The fourth-order valence-corrected chi connectivity index (χ4v) is 3.72. The molecule has 18 heavy (non-hydrogen) atoms. The van der Waals surface area contributed by atoms with Gasteiger partial charge in [0.2, 0.25) is 0 Å². The van der Waals surface area contributed by atoms with Crippen molar-refractivity contribution in [2.45, 2.75) is 70.4 Å². The Kier molecular flexibility index (Phi) is 5.25. The molecule has 0 bridgehead atoms. The molecule has 2 heteroatoms. The van der Waals surface area contributed by atoms with Gasteiger partial charge in [-0.2, -0.15) is 0 Å². The molecule has 0 radical (unpaired) electrons. The molecule has 104 valence electrons. The Morgan fingerprint density at radius 2 is 2.06 bits per heavy atom. The molecule has 1 saturated heterocycles. The van der Waals surface area contributed by atoms with E-state index in [-0.39, 0.29) is 0 Å². The minimum absolute atomic E-state index is 0.474. The van der Waals surface area contributed by atoms with Crippen molar-refractivity contribution < 1.29 is 0 Å². The smallest absolute Gasteiger partial charge is 0.0338 e. The van der Waals surface area contributed by atoms with Crippen molar-refractivity contribution in [3.8, 4) is 0 Å². The molecule has 0 aromatic heterocycles. The van der Waals surface area contributed by atoms with Crippen LogP contribution in [-0.4, -0.2) is 36.1 Å². The predicted octanol–water partition coefficient (Wildman–Crippen LogP) is 3.34. The van der Waals surface area contributed by atoms with E-state index in [0.717, 1.165) is 6.54 Å². The average molecular weight is 250 g/mol. The lowest BCUT2D eigenvalue weighted by Crippen LogP contribution is -2.65. The number of hydrogen-bond acceptors (Lipinski definition) is 2. The van der Waals surface area contributed by atoms with Gasteiger partial charge in [-0.15, -0.1) is 0 Å². The van der Waals surface area contributed by atoms with Crippen LogP contribution in [0, 0.1) is 0 Å². The number of rotatable bonds is 4. The Hall–Kier alpha value is -0.340. The number of nitrogens with one attached hydrogen (secondary N) is 1. The standard InChI is InChI=1S/C16H30N2/c1-3-5-12-18-13-15(9-4-2)17-14-16(18)10-7-6-8-11-16/h3,5,15,17H,4,6-14H2,1-2H3/b5-3+. The summed E-state index contributed by atoms with van der Waals surface area (Å²) in [7, 11) is 0. The molecule has 1 heterocycles. The summed E-state index contributed by atoms with van der Waals surface area (Å²) in [5, 5.41) is 3.82. The van der Waals surface area contributed by atoms with Gasteiger partial charge in [-0.3, -0.25) is 4.90 Å². The van der Waals surface area contributed by atoms with Gasteiger partial charge in [-0.25, -0.2) is 0 Å². The second-order valence-corrected chi connectivity index (χ2v) is 6.13. The summed E-state index contributed by atoms with van der Waals surface area (Å²) in [5.74, 6) is 0. The number of allylic oxidation sites excluding steroid dienone is 1. The Balaban J connectivity index is 2.03. The highest BCUT2D eigenvalue weighted by molar-refractivity contribution is 5.02. The molecule has 1 aliphatic heterocycles. The summed E-state index contributed by atoms with van der Waals surface area (Å²) < 4.78 is 0. The zero-order valence-electron chi connectivity index (χ0n) is 12.3. The maximum Gasteiger partial charge on any atom is 0.0338 e. The molecule has 0 aromatic carbocycles. The van der Waals surface area contributed by atoms with Crippen LogP contribution in [0.4, 0.5) is 0 Å². The maximum atomic E-state index is 3.82. The first-order chi connectivity index (χ1) is 8.80. The number of nitrogens with zero attached hydrogens (tertiary/aromatic N) is 1. The van der Waals surface area contributed by atoms with Crippen molar-refractivity contribution in [1.82, 2.24) is 10.2 Å². The van der Waals surface area contributed by atoms with Crippen LogP contribution in [0.3, 0.4) is 0 Å². The van der Waals surface area contributed by atoms with Crippen molar-refractivity contribution in [2.24, 2.45) is 0 Å². The zero-order chi connectivity index (χ0) is 12.8. The Morgan fingerprint density at radius 1 is 1.28 bits per heavy atom. The third-order valence-electron chi connectivity index (χ3n) is 4.81. The molecule has 1 spiro atoms. The SMILES string of the molecule is C/C=C/CN1CC(CCC)NCC12CCCCC2. The average Bonchev–Trinajstić information content (AvgIpc) is 2.41. The summed E-state index contributed by atoms with van der Waals surface area (Å²) in [6.45, 7) is 8.05. The third kappa shape index (κ3) is 3.16. The highest BCUT2D eigenvalue weighted by atomic mass is 15.3. The van der Waals surface area contributed by atoms with E-state index >= 15 is 0 Å². The molecule has 2 aliphatic rings. The van der Waals surface area contributed by atoms with Gasteiger partial charge in [0.05, 0.1) is 0 Å². The molecule has 2 fully saturated rings. The van der Waals surface area contributed by atoms with Crippen molar-refractivity contribution in [1.29, 1.82) is 0 Å². The van der Waals surface area contributed by atoms with Crippen molar-refractivity contribution >= 4 is 0 Å². The van der Waals surface area contributed by atoms with Crippen molar-refractivity contribution in [3.05, 3.63) is 12.2 Å². The summed E-state index contributed by atoms with van der Waals surface area (Å²) >= 11 is 0. The molecule has 2 rings (SSSR count). The van der Waals surface area contributed by atoms with Gasteiger partial charge in [0.25, 0.3) is 0 Å². The van der Waals surface area contributed by atoms with E-state index in [1.807, 2.05) is 0 Å². The first-order valence-electron chi connectivity index (χ1n) is 7.90. The van der Waals surface area contributed by atoms with Gasteiger partial charge in [-0.1, -0.05) is 44.8 Å². The molecule has 0 amide bonds. The molecular weight excluding hydrogens is 220 g/mol. The predicted molar refractivity (Wildman–Crippen MR) is 78.9 cm³/mol. The maximum absolute atomic E-state index is 3.82. The van der Waals surface area contributed by atoms with Crippen LogP contribution in [0.5, 0.6) is 0 Å². The molecule has 1 saturated carbocycles. The molecule has 1 atom stereocenters. The minimum atomic E-state index is 0.474. The molecule has 1 N–H and O–H groups in total. The Labute approximate surface area is 113 Å². The quantitative estimate of drug-likeness (QED) is 0.770. The van der Waals surface area contributed by atoms with Gasteiger partial charge in [-0.05, 0) is 26.2 Å². The molecule has 2 nitrogen and oxygen atoms in total. The Bertz CT molecular complexity index is 266. The van der Waals surface area contributed by atoms with E-state index in [1.165, 1.54) is 58.0 Å². The van der Waals surface area contributed by atoms with Crippen LogP contribution in [0.2, 0.25) is 0 Å². The lowest BCUT2D eigenvalue weighted by Gasteiger charge is -2.52. The molecule has 1 aliphatic carbocycles. The third-order valence-corrected chi connectivity index (χ3v) is 4.81. The lowest BCUT2D eigenvalue weighted by atomic mass is 9.78. The van der Waals surface area contributed by atoms with E-state index in [2.05, 4.69) is 36.2 Å². The lowest BCUT2D eigenvalue weighted by molar-refractivity contribution is 0.0178. The van der Waals surface area contributed by atoms with Crippen LogP contribution in [0.15, 0.2) is 12.2 Å². The van der Waals surface area contributed by atoms with Gasteiger partial charge in [0, 0.05) is 31.2 Å². The summed E-state index contributed by atoms with van der Waals surface area (Å²) in [6, 6.07) is 0.716. The van der Waals surface area contributed by atoms with E-state index in [1.54, 1.807) is 0 Å². The fraction of sp³-hybridized carbons (Fsp3) is 0.875. The van der Waals surface area contributed by atoms with Crippen LogP contribution in [0.25, 0.3) is 0 Å². The molecule has 1 unspecified atom stereocenters. The first kappa shape index (κ1) is 14.1. The van der Waals surface area contributed by atoms with E-state index < -0.39 is 0 Å². The largest absolute Gasteiger partial charge is 0.311 e. The van der Waals surface area contributed by atoms with Crippen LogP contribution >= 0.6 is 0 Å². The van der Waals surface area contributed by atoms with E-state index in [4.69, 9.17) is 0 Å². The fourth-order valence-electron chi connectivity index (χ4n) is 3.72. The topological polar surface area (TPSA) is 15.3 Å². The second kappa shape index (κ2) is 6.72. The van der Waals surface area contributed by atoms with Gasteiger partial charge >= 0.3 is 0 Å². The van der Waals surface area contributed by atoms with Crippen LogP contribution in [0.1, 0.15) is 58.8 Å². The van der Waals surface area contributed by atoms with Crippen molar-refractivity contribution in [2.75, 3.05) is 19.6 Å². The highest BCUT2D eigenvalue weighted by Gasteiger charge is 2.41. The van der Waals surface area contributed by atoms with Gasteiger partial charge < -0.3 is 5.32 Å². The number of piperazine rings is 1. The summed E-state index contributed by atoms with van der Waals surface area (Å²) in [6.07, 6.45) is 14.2. The highest BCUT2D eigenvalue weighted by Crippen LogP contribution is 2.35. The molecule has 0 aromatic rings. The first-order valence-corrected chi connectivity index (χ1v) is 7.90. The van der Waals surface area contributed by atoms with E-state index in [9.17, 15) is 0 Å². The monoisotopic (exact) mass is 250 g/mol. The van der Waals surface area contributed by atoms with E-state index in [0.29, 0.717) is 11.6 Å². The van der Waals surface area contributed by atoms with Crippen LogP contribution in [-0.2, 0) is 0 Å².